The average molecular weight is 333 g/mol. The van der Waals surface area contributed by atoms with Gasteiger partial charge in [-0.15, -0.1) is 0 Å². The topological polar surface area (TPSA) is 60.1 Å². The Morgan fingerprint density at radius 3 is 2.62 bits per heavy atom. The molecule has 24 heavy (non-hydrogen) atoms. The lowest BCUT2D eigenvalue weighted by molar-refractivity contribution is 0.172. The molecule has 2 rings (SSSR count). The van der Waals surface area contributed by atoms with Gasteiger partial charge in [-0.3, -0.25) is 0 Å². The maximum Gasteiger partial charge on any atom is 0.191 e. The molecule has 0 spiro atoms. The Bertz CT molecular complexity index is 523. The Hall–Kier alpha value is -1.75. The molecule has 1 aromatic carbocycles. The molecule has 1 saturated heterocycles. The number of guanidine groups is 1. The van der Waals surface area contributed by atoms with Crippen LogP contribution in [0.5, 0.6) is 5.75 Å². The number of hydrogen-bond acceptors (Lipinski definition) is 3. The fourth-order valence-electron chi connectivity index (χ4n) is 2.88. The van der Waals surface area contributed by atoms with Crippen molar-refractivity contribution >= 4 is 5.96 Å². The van der Waals surface area contributed by atoms with Crippen LogP contribution in [-0.4, -0.2) is 44.3 Å². The van der Waals surface area contributed by atoms with E-state index in [9.17, 15) is 0 Å². The molecule has 5 nitrogen and oxygen atoms in total. The summed E-state index contributed by atoms with van der Waals surface area (Å²) in [7, 11) is 1.71. The van der Waals surface area contributed by atoms with Crippen molar-refractivity contribution in [1.82, 2.24) is 4.90 Å². The van der Waals surface area contributed by atoms with Gasteiger partial charge in [0.15, 0.2) is 5.96 Å². The van der Waals surface area contributed by atoms with Crippen LogP contribution >= 0.6 is 0 Å². The lowest BCUT2D eigenvalue weighted by atomic mass is 10.1. The van der Waals surface area contributed by atoms with E-state index in [2.05, 4.69) is 35.0 Å². The van der Waals surface area contributed by atoms with E-state index in [1.807, 2.05) is 0 Å². The van der Waals surface area contributed by atoms with E-state index >= 15 is 0 Å². The molecule has 1 aliphatic rings. The second-order valence-electron chi connectivity index (χ2n) is 6.38. The fourth-order valence-corrected chi connectivity index (χ4v) is 2.88. The Labute approximate surface area is 145 Å². The molecular weight excluding hydrogens is 302 g/mol. The largest absolute Gasteiger partial charge is 0.493 e. The van der Waals surface area contributed by atoms with Gasteiger partial charge in [0.1, 0.15) is 5.75 Å². The fraction of sp³-hybridized carbons (Fsp3) is 0.632. The van der Waals surface area contributed by atoms with E-state index in [-0.39, 0.29) is 0 Å². The minimum Gasteiger partial charge on any atom is -0.493 e. The number of methoxy groups -OCH3 is 1. The van der Waals surface area contributed by atoms with Crippen LogP contribution in [0.3, 0.4) is 0 Å². The summed E-state index contributed by atoms with van der Waals surface area (Å²) in [6.07, 6.45) is 5.87. The van der Waals surface area contributed by atoms with Crippen LogP contribution < -0.4 is 10.5 Å². The van der Waals surface area contributed by atoms with Crippen LogP contribution in [0.1, 0.15) is 43.2 Å². The molecule has 0 aliphatic carbocycles. The van der Waals surface area contributed by atoms with Crippen LogP contribution in [0.2, 0.25) is 0 Å². The number of aliphatic imine (C=N–C) groups is 1. The van der Waals surface area contributed by atoms with Crippen molar-refractivity contribution in [3.8, 4) is 5.75 Å². The molecule has 1 aromatic rings. The van der Waals surface area contributed by atoms with Gasteiger partial charge in [0, 0.05) is 38.8 Å². The smallest absolute Gasteiger partial charge is 0.191 e. The average Bonchev–Trinajstić information content (AvgIpc) is 2.87. The second kappa shape index (κ2) is 10.2. The van der Waals surface area contributed by atoms with Gasteiger partial charge in [0.25, 0.3) is 0 Å². The van der Waals surface area contributed by atoms with E-state index in [0.29, 0.717) is 25.7 Å². The maximum atomic E-state index is 6.20. The summed E-state index contributed by atoms with van der Waals surface area (Å²) in [5.41, 5.74) is 8.47. The lowest BCUT2D eigenvalue weighted by Gasteiger charge is -2.21. The number of benzene rings is 1. The quantitative estimate of drug-likeness (QED) is 0.473. The summed E-state index contributed by atoms with van der Waals surface area (Å²) < 4.78 is 11.0. The Morgan fingerprint density at radius 1 is 1.17 bits per heavy atom. The van der Waals surface area contributed by atoms with E-state index in [1.165, 1.54) is 31.2 Å². The highest BCUT2D eigenvalue weighted by molar-refractivity contribution is 5.78. The summed E-state index contributed by atoms with van der Waals surface area (Å²) in [6.45, 7) is 6.02. The Morgan fingerprint density at radius 2 is 1.92 bits per heavy atom. The summed E-state index contributed by atoms with van der Waals surface area (Å²) in [4.78, 5) is 6.82. The van der Waals surface area contributed by atoms with Crippen molar-refractivity contribution in [2.24, 2.45) is 10.7 Å². The van der Waals surface area contributed by atoms with Gasteiger partial charge in [-0.25, -0.2) is 4.99 Å². The standard InChI is InChI=1S/C19H31N3O2/c1-16-8-9-17(18(14-16)24-13-7-12-23-2)15-21-19(20)22-10-5-3-4-6-11-22/h8-9,14H,3-7,10-13,15H2,1-2H3,(H2,20,21). The van der Waals surface area contributed by atoms with Crippen molar-refractivity contribution < 1.29 is 9.47 Å². The second-order valence-corrected chi connectivity index (χ2v) is 6.38. The maximum absolute atomic E-state index is 6.20. The van der Waals surface area contributed by atoms with Crippen LogP contribution in [0.25, 0.3) is 0 Å². The zero-order valence-corrected chi connectivity index (χ0v) is 15.1. The first-order valence-corrected chi connectivity index (χ1v) is 8.97. The molecular formula is C19H31N3O2. The summed E-state index contributed by atoms with van der Waals surface area (Å²) in [6, 6.07) is 6.25. The predicted octanol–water partition coefficient (Wildman–Crippen LogP) is 3.10. The van der Waals surface area contributed by atoms with Crippen LogP contribution in [0.4, 0.5) is 0 Å². The first kappa shape index (κ1) is 18.6. The molecule has 2 N–H and O–H groups in total. The first-order chi connectivity index (χ1) is 11.7. The molecule has 0 radical (unpaired) electrons. The highest BCUT2D eigenvalue weighted by Gasteiger charge is 2.11. The Kier molecular flexibility index (Phi) is 7.89. The molecule has 0 amide bonds. The molecule has 0 bridgehead atoms. The zero-order chi connectivity index (χ0) is 17.2. The molecule has 1 heterocycles. The van der Waals surface area contributed by atoms with Gasteiger partial charge >= 0.3 is 0 Å². The number of rotatable bonds is 7. The number of likely N-dealkylation sites (tertiary alicyclic amines) is 1. The summed E-state index contributed by atoms with van der Waals surface area (Å²) >= 11 is 0. The molecule has 1 aliphatic heterocycles. The highest BCUT2D eigenvalue weighted by Crippen LogP contribution is 2.22. The molecule has 0 saturated carbocycles. The van der Waals surface area contributed by atoms with Crippen LogP contribution in [0.15, 0.2) is 23.2 Å². The number of hydrogen-bond donors (Lipinski definition) is 1. The van der Waals surface area contributed by atoms with Crippen molar-refractivity contribution in [1.29, 1.82) is 0 Å². The number of ether oxygens (including phenoxy) is 2. The molecule has 5 heteroatoms. The third kappa shape index (κ3) is 6.04. The zero-order valence-electron chi connectivity index (χ0n) is 15.1. The van der Waals surface area contributed by atoms with Gasteiger partial charge in [-0.2, -0.15) is 0 Å². The molecule has 0 atom stereocenters. The third-order valence-electron chi connectivity index (χ3n) is 4.31. The van der Waals surface area contributed by atoms with Crippen molar-refractivity contribution in [2.75, 3.05) is 33.4 Å². The normalized spacial score (nSPS) is 16.1. The minimum absolute atomic E-state index is 0.558. The predicted molar refractivity (Wildman–Crippen MR) is 98.5 cm³/mol. The van der Waals surface area contributed by atoms with Gasteiger partial charge in [-0.05, 0) is 31.4 Å². The molecule has 0 unspecified atom stereocenters. The minimum atomic E-state index is 0.558. The van der Waals surface area contributed by atoms with Gasteiger partial charge in [0.2, 0.25) is 0 Å². The summed E-state index contributed by atoms with van der Waals surface area (Å²) in [5, 5.41) is 0. The lowest BCUT2D eigenvalue weighted by Crippen LogP contribution is -2.38. The van der Waals surface area contributed by atoms with E-state index in [4.69, 9.17) is 15.2 Å². The van der Waals surface area contributed by atoms with Gasteiger partial charge < -0.3 is 20.1 Å². The van der Waals surface area contributed by atoms with E-state index in [0.717, 1.165) is 30.8 Å². The van der Waals surface area contributed by atoms with Crippen LogP contribution in [0, 0.1) is 6.92 Å². The first-order valence-electron chi connectivity index (χ1n) is 8.97. The van der Waals surface area contributed by atoms with Crippen LogP contribution in [-0.2, 0) is 11.3 Å². The van der Waals surface area contributed by atoms with Gasteiger partial charge in [0.05, 0.1) is 13.2 Å². The summed E-state index contributed by atoms with van der Waals surface area (Å²) in [5.74, 6) is 1.56. The molecule has 0 aromatic heterocycles. The Balaban J connectivity index is 1.98. The SMILES string of the molecule is COCCCOc1cc(C)ccc1CN=C(N)N1CCCCCC1. The molecule has 134 valence electrons. The monoisotopic (exact) mass is 333 g/mol. The number of aryl methyl sites for hydroxylation is 1. The number of nitrogens with zero attached hydrogens (tertiary/aromatic N) is 2. The number of nitrogens with two attached hydrogens (primary N) is 1. The van der Waals surface area contributed by atoms with E-state index in [1.54, 1.807) is 7.11 Å². The van der Waals surface area contributed by atoms with Crippen molar-refractivity contribution in [3.05, 3.63) is 29.3 Å². The van der Waals surface area contributed by atoms with Crippen molar-refractivity contribution in [3.63, 3.8) is 0 Å². The van der Waals surface area contributed by atoms with Gasteiger partial charge in [-0.1, -0.05) is 25.0 Å². The highest BCUT2D eigenvalue weighted by atomic mass is 16.5. The van der Waals surface area contributed by atoms with E-state index < -0.39 is 0 Å². The third-order valence-corrected chi connectivity index (χ3v) is 4.31. The molecule has 1 fully saturated rings. The van der Waals surface area contributed by atoms with Crippen molar-refractivity contribution in [2.45, 2.75) is 45.6 Å².